The van der Waals surface area contributed by atoms with Crippen LogP contribution >= 0.6 is 0 Å². The number of hydrogen-bond donors (Lipinski definition) is 3. The molecule has 3 amide bonds. The van der Waals surface area contributed by atoms with Crippen LogP contribution in [0.3, 0.4) is 0 Å². The minimum absolute atomic E-state index is 0.109. The molecule has 180 valence electrons. The molecule has 3 N–H and O–H groups in total. The lowest BCUT2D eigenvalue weighted by molar-refractivity contribution is -0.145. The molecule has 0 saturated carbocycles. The van der Waals surface area contributed by atoms with E-state index in [1.54, 1.807) is 46.8 Å². The lowest BCUT2D eigenvalue weighted by Crippen LogP contribution is -2.55. The zero-order chi connectivity index (χ0) is 24.8. The van der Waals surface area contributed by atoms with Crippen molar-refractivity contribution in [2.24, 2.45) is 0 Å². The maximum absolute atomic E-state index is 13.5. The Kier molecular flexibility index (Phi) is 9.54. The third-order valence-corrected chi connectivity index (χ3v) is 4.92. The SMILES string of the molecule is CCC(C)N(C(=O)C(C)NC(=O)OC(C)(C)C)C(C(=O)NC(C)C)c1ccc(O)c(C)c1. The van der Waals surface area contributed by atoms with E-state index in [1.165, 1.54) is 11.0 Å². The van der Waals surface area contributed by atoms with Crippen LogP contribution in [0.25, 0.3) is 0 Å². The van der Waals surface area contributed by atoms with Gasteiger partial charge in [-0.05, 0) is 85.1 Å². The summed E-state index contributed by atoms with van der Waals surface area (Å²) in [5.74, 6) is -0.624. The van der Waals surface area contributed by atoms with Crippen LogP contribution in [-0.2, 0) is 14.3 Å². The van der Waals surface area contributed by atoms with Crippen LogP contribution in [0.4, 0.5) is 4.79 Å². The first-order valence-corrected chi connectivity index (χ1v) is 11.1. The number of hydrogen-bond acceptors (Lipinski definition) is 5. The number of phenols is 1. The van der Waals surface area contributed by atoms with Gasteiger partial charge in [-0.2, -0.15) is 0 Å². The summed E-state index contributed by atoms with van der Waals surface area (Å²) in [6.07, 6.45) is -0.0981. The van der Waals surface area contributed by atoms with Crippen molar-refractivity contribution in [1.82, 2.24) is 15.5 Å². The smallest absolute Gasteiger partial charge is 0.408 e. The van der Waals surface area contributed by atoms with Gasteiger partial charge in [0, 0.05) is 12.1 Å². The largest absolute Gasteiger partial charge is 0.508 e. The van der Waals surface area contributed by atoms with Gasteiger partial charge in [0.05, 0.1) is 0 Å². The van der Waals surface area contributed by atoms with Crippen LogP contribution in [-0.4, -0.2) is 51.6 Å². The minimum atomic E-state index is -0.929. The number of aryl methyl sites for hydroxylation is 1. The van der Waals surface area contributed by atoms with Crippen molar-refractivity contribution in [3.05, 3.63) is 29.3 Å². The van der Waals surface area contributed by atoms with Crippen LogP contribution in [0.2, 0.25) is 0 Å². The van der Waals surface area contributed by atoms with Crippen molar-refractivity contribution in [2.75, 3.05) is 0 Å². The second-order valence-corrected chi connectivity index (χ2v) is 9.48. The van der Waals surface area contributed by atoms with E-state index < -0.39 is 29.7 Å². The van der Waals surface area contributed by atoms with Crippen molar-refractivity contribution in [3.8, 4) is 5.75 Å². The predicted molar refractivity (Wildman–Crippen MR) is 124 cm³/mol. The highest BCUT2D eigenvalue weighted by Gasteiger charge is 2.37. The molecule has 0 aromatic heterocycles. The molecule has 1 aromatic rings. The van der Waals surface area contributed by atoms with Gasteiger partial charge in [-0.15, -0.1) is 0 Å². The Bertz CT molecular complexity index is 816. The number of rotatable bonds is 8. The van der Waals surface area contributed by atoms with E-state index in [4.69, 9.17) is 4.74 Å². The van der Waals surface area contributed by atoms with Gasteiger partial charge in [0.1, 0.15) is 23.4 Å². The summed E-state index contributed by atoms with van der Waals surface area (Å²) in [5.41, 5.74) is 0.477. The predicted octanol–water partition coefficient (Wildman–Crippen LogP) is 3.81. The Hall–Kier alpha value is -2.77. The molecular weight excluding hydrogens is 410 g/mol. The number of nitrogens with zero attached hydrogens (tertiary/aromatic N) is 1. The first-order chi connectivity index (χ1) is 14.7. The quantitative estimate of drug-likeness (QED) is 0.559. The van der Waals surface area contributed by atoms with Gasteiger partial charge in [0.2, 0.25) is 11.8 Å². The van der Waals surface area contributed by atoms with Crippen LogP contribution in [0.1, 0.15) is 79.0 Å². The number of nitrogens with one attached hydrogen (secondary N) is 2. The van der Waals surface area contributed by atoms with E-state index in [2.05, 4.69) is 10.6 Å². The number of benzene rings is 1. The highest BCUT2D eigenvalue weighted by Crippen LogP contribution is 2.29. The van der Waals surface area contributed by atoms with Crippen molar-refractivity contribution >= 4 is 17.9 Å². The van der Waals surface area contributed by atoms with E-state index in [1.807, 2.05) is 27.7 Å². The first kappa shape index (κ1) is 27.3. The molecule has 8 heteroatoms. The molecule has 0 bridgehead atoms. The monoisotopic (exact) mass is 449 g/mol. The summed E-state index contributed by atoms with van der Waals surface area (Å²) in [5, 5.41) is 15.4. The fourth-order valence-corrected chi connectivity index (χ4v) is 3.22. The van der Waals surface area contributed by atoms with Gasteiger partial charge >= 0.3 is 6.09 Å². The Morgan fingerprint density at radius 1 is 1.09 bits per heavy atom. The maximum atomic E-state index is 13.5. The normalized spacial score (nSPS) is 14.3. The summed E-state index contributed by atoms with van der Waals surface area (Å²) < 4.78 is 5.27. The van der Waals surface area contributed by atoms with Gasteiger partial charge in [-0.3, -0.25) is 9.59 Å². The highest BCUT2D eigenvalue weighted by atomic mass is 16.6. The minimum Gasteiger partial charge on any atom is -0.508 e. The Balaban J connectivity index is 3.39. The molecule has 1 rings (SSSR count). The van der Waals surface area contributed by atoms with E-state index in [-0.39, 0.29) is 23.7 Å². The third kappa shape index (κ3) is 7.73. The molecule has 0 saturated heterocycles. The lowest BCUT2D eigenvalue weighted by atomic mass is 9.98. The van der Waals surface area contributed by atoms with Gasteiger partial charge < -0.3 is 25.4 Å². The maximum Gasteiger partial charge on any atom is 0.408 e. The summed E-state index contributed by atoms with van der Waals surface area (Å²) >= 11 is 0. The van der Waals surface area contributed by atoms with Gasteiger partial charge in [-0.1, -0.05) is 13.0 Å². The second-order valence-electron chi connectivity index (χ2n) is 9.48. The fourth-order valence-electron chi connectivity index (χ4n) is 3.22. The van der Waals surface area contributed by atoms with Gasteiger partial charge in [-0.25, -0.2) is 4.79 Å². The third-order valence-electron chi connectivity index (χ3n) is 4.92. The molecule has 0 aliphatic rings. The van der Waals surface area contributed by atoms with Crippen molar-refractivity contribution in [2.45, 2.75) is 98.5 Å². The van der Waals surface area contributed by atoms with Gasteiger partial charge in [0.15, 0.2) is 0 Å². The molecule has 1 aromatic carbocycles. The van der Waals surface area contributed by atoms with Crippen molar-refractivity contribution in [1.29, 1.82) is 0 Å². The average Bonchev–Trinajstić information content (AvgIpc) is 2.64. The lowest BCUT2D eigenvalue weighted by Gasteiger charge is -2.38. The number of carbonyl (C=O) groups excluding carboxylic acids is 3. The summed E-state index contributed by atoms with van der Waals surface area (Å²) in [6.45, 7) is 16.0. The van der Waals surface area contributed by atoms with E-state index in [9.17, 15) is 19.5 Å². The standard InChI is InChI=1S/C24H39N3O5/c1-10-16(5)27(22(30)17(6)26-23(31)32-24(7,8)9)20(21(29)25-14(2)3)18-11-12-19(28)15(4)13-18/h11-14,16-17,20,28H,10H2,1-9H3,(H,25,29)(H,26,31). The molecule has 0 aliphatic carbocycles. The van der Waals surface area contributed by atoms with Crippen LogP contribution in [0.5, 0.6) is 5.75 Å². The zero-order valence-corrected chi connectivity index (χ0v) is 20.8. The summed E-state index contributed by atoms with van der Waals surface area (Å²) in [4.78, 5) is 40.5. The van der Waals surface area contributed by atoms with Crippen LogP contribution in [0.15, 0.2) is 18.2 Å². The molecular formula is C24H39N3O5. The molecule has 0 fully saturated rings. The summed E-state index contributed by atoms with van der Waals surface area (Å²) in [6, 6.07) is 2.60. The van der Waals surface area contributed by atoms with Crippen molar-refractivity contribution < 1.29 is 24.2 Å². The number of aromatic hydroxyl groups is 1. The van der Waals surface area contributed by atoms with Crippen molar-refractivity contribution in [3.63, 3.8) is 0 Å². The Labute approximate surface area is 191 Å². The highest BCUT2D eigenvalue weighted by molar-refractivity contribution is 5.92. The second kappa shape index (κ2) is 11.2. The number of ether oxygens (including phenoxy) is 1. The van der Waals surface area contributed by atoms with Gasteiger partial charge in [0.25, 0.3) is 0 Å². The number of amides is 3. The summed E-state index contributed by atoms with van der Waals surface area (Å²) in [7, 11) is 0. The first-order valence-electron chi connectivity index (χ1n) is 11.1. The number of phenolic OH excluding ortho intramolecular Hbond substituents is 1. The molecule has 3 unspecified atom stereocenters. The topological polar surface area (TPSA) is 108 Å². The molecule has 0 spiro atoms. The number of carbonyl (C=O) groups is 3. The van der Waals surface area contributed by atoms with E-state index >= 15 is 0 Å². The fraction of sp³-hybridized carbons (Fsp3) is 0.625. The Morgan fingerprint density at radius 3 is 2.16 bits per heavy atom. The average molecular weight is 450 g/mol. The molecule has 32 heavy (non-hydrogen) atoms. The molecule has 8 nitrogen and oxygen atoms in total. The van der Waals surface area contributed by atoms with E-state index in [0.29, 0.717) is 17.5 Å². The zero-order valence-electron chi connectivity index (χ0n) is 20.8. The molecule has 0 aliphatic heterocycles. The molecule has 3 atom stereocenters. The van der Waals surface area contributed by atoms with Crippen LogP contribution < -0.4 is 10.6 Å². The molecule has 0 radical (unpaired) electrons. The van der Waals surface area contributed by atoms with Crippen LogP contribution in [0, 0.1) is 6.92 Å². The number of alkyl carbamates (subject to hydrolysis) is 1. The Morgan fingerprint density at radius 2 is 1.69 bits per heavy atom. The molecule has 0 heterocycles. The van der Waals surface area contributed by atoms with E-state index in [0.717, 1.165) is 0 Å².